The Kier molecular flexibility index (Phi) is 2.80. The van der Waals surface area contributed by atoms with Gasteiger partial charge in [0.2, 0.25) is 11.8 Å². The summed E-state index contributed by atoms with van der Waals surface area (Å²) in [6.07, 6.45) is 1.42. The number of amides is 2. The van der Waals surface area contributed by atoms with Gasteiger partial charge in [0.05, 0.1) is 5.54 Å². The molecular formula is C9H17N3O2. The van der Waals surface area contributed by atoms with Crippen molar-refractivity contribution in [2.24, 2.45) is 5.73 Å². The van der Waals surface area contributed by atoms with Crippen LogP contribution in [-0.4, -0.2) is 42.4 Å². The van der Waals surface area contributed by atoms with Crippen LogP contribution in [0.15, 0.2) is 0 Å². The number of hydrogen-bond donors (Lipinski definition) is 2. The molecule has 0 aromatic carbocycles. The van der Waals surface area contributed by atoms with Crippen molar-refractivity contribution in [3.05, 3.63) is 0 Å². The third-order valence-electron chi connectivity index (χ3n) is 2.40. The van der Waals surface area contributed by atoms with Crippen molar-refractivity contribution in [1.82, 2.24) is 10.2 Å². The average Bonchev–Trinajstić information content (AvgIpc) is 2.83. The second kappa shape index (κ2) is 3.57. The van der Waals surface area contributed by atoms with Crippen LogP contribution in [-0.2, 0) is 9.59 Å². The molecule has 1 unspecified atom stereocenters. The van der Waals surface area contributed by atoms with Crippen LogP contribution >= 0.6 is 0 Å². The SMILES string of the molecule is CC(NC(=O)C1(N)CC1)C(=O)N(C)C. The van der Waals surface area contributed by atoms with Gasteiger partial charge in [0.1, 0.15) is 6.04 Å². The zero-order valence-electron chi connectivity index (χ0n) is 8.83. The summed E-state index contributed by atoms with van der Waals surface area (Å²) in [5, 5.41) is 2.61. The Morgan fingerprint density at radius 2 is 1.93 bits per heavy atom. The Labute approximate surface area is 83.6 Å². The monoisotopic (exact) mass is 199 g/mol. The third-order valence-corrected chi connectivity index (χ3v) is 2.40. The first-order valence-electron chi connectivity index (χ1n) is 4.68. The van der Waals surface area contributed by atoms with Crippen molar-refractivity contribution in [1.29, 1.82) is 0 Å². The van der Waals surface area contributed by atoms with E-state index in [0.717, 1.165) is 0 Å². The molecule has 1 saturated carbocycles. The molecule has 0 saturated heterocycles. The zero-order chi connectivity index (χ0) is 10.9. The molecule has 5 heteroatoms. The highest BCUT2D eigenvalue weighted by Gasteiger charge is 2.46. The number of likely N-dealkylation sites (N-methyl/N-ethyl adjacent to an activating group) is 1. The molecule has 3 N–H and O–H groups in total. The summed E-state index contributed by atoms with van der Waals surface area (Å²) in [5.74, 6) is -0.345. The minimum Gasteiger partial charge on any atom is -0.347 e. The molecule has 0 aromatic heterocycles. The van der Waals surface area contributed by atoms with E-state index < -0.39 is 11.6 Å². The van der Waals surface area contributed by atoms with Gasteiger partial charge in [0.15, 0.2) is 0 Å². The maximum atomic E-state index is 11.5. The van der Waals surface area contributed by atoms with Gasteiger partial charge in [-0.05, 0) is 19.8 Å². The first-order valence-corrected chi connectivity index (χ1v) is 4.68. The van der Waals surface area contributed by atoms with E-state index in [0.29, 0.717) is 12.8 Å². The number of carbonyl (C=O) groups is 2. The highest BCUT2D eigenvalue weighted by Crippen LogP contribution is 2.32. The van der Waals surface area contributed by atoms with Crippen LogP contribution in [0.4, 0.5) is 0 Å². The molecule has 0 radical (unpaired) electrons. The quantitative estimate of drug-likeness (QED) is 0.616. The molecule has 1 rings (SSSR count). The number of hydrogen-bond acceptors (Lipinski definition) is 3. The van der Waals surface area contributed by atoms with Gasteiger partial charge in [-0.3, -0.25) is 9.59 Å². The summed E-state index contributed by atoms with van der Waals surface area (Å²) in [6, 6.07) is -0.501. The normalized spacial score (nSPS) is 19.7. The Hall–Kier alpha value is -1.10. The van der Waals surface area contributed by atoms with Crippen molar-refractivity contribution >= 4 is 11.8 Å². The highest BCUT2D eigenvalue weighted by molar-refractivity contribution is 5.93. The molecule has 0 aliphatic heterocycles. The van der Waals surface area contributed by atoms with Crippen LogP contribution < -0.4 is 11.1 Å². The van der Waals surface area contributed by atoms with Gasteiger partial charge in [0, 0.05) is 14.1 Å². The van der Waals surface area contributed by atoms with Gasteiger partial charge < -0.3 is 16.0 Å². The van der Waals surface area contributed by atoms with Crippen molar-refractivity contribution in [3.8, 4) is 0 Å². The van der Waals surface area contributed by atoms with E-state index in [1.165, 1.54) is 4.90 Å². The summed E-state index contributed by atoms with van der Waals surface area (Å²) >= 11 is 0. The minimum atomic E-state index is -0.707. The molecule has 80 valence electrons. The minimum absolute atomic E-state index is 0.123. The summed E-state index contributed by atoms with van der Waals surface area (Å²) in [7, 11) is 3.31. The molecule has 1 fully saturated rings. The summed E-state index contributed by atoms with van der Waals surface area (Å²) in [5.41, 5.74) is 4.97. The van der Waals surface area contributed by atoms with Gasteiger partial charge in [-0.25, -0.2) is 0 Å². The largest absolute Gasteiger partial charge is 0.347 e. The number of nitrogens with one attached hydrogen (secondary N) is 1. The number of rotatable bonds is 3. The molecule has 1 aliphatic rings. The van der Waals surface area contributed by atoms with Crippen molar-refractivity contribution < 1.29 is 9.59 Å². The van der Waals surface area contributed by atoms with Gasteiger partial charge in [-0.2, -0.15) is 0 Å². The van der Waals surface area contributed by atoms with Crippen LogP contribution in [0.1, 0.15) is 19.8 Å². The van der Waals surface area contributed by atoms with Crippen LogP contribution in [0.3, 0.4) is 0 Å². The maximum absolute atomic E-state index is 11.5. The molecule has 0 aromatic rings. The average molecular weight is 199 g/mol. The molecule has 1 atom stereocenters. The predicted octanol–water partition coefficient (Wildman–Crippen LogP) is -0.929. The van der Waals surface area contributed by atoms with E-state index in [4.69, 9.17) is 5.73 Å². The highest BCUT2D eigenvalue weighted by atomic mass is 16.2. The van der Waals surface area contributed by atoms with Crippen LogP contribution in [0, 0.1) is 0 Å². The lowest BCUT2D eigenvalue weighted by atomic mass is 10.2. The first-order chi connectivity index (χ1) is 6.37. The molecule has 2 amide bonds. The fourth-order valence-corrected chi connectivity index (χ4v) is 1.15. The number of nitrogens with two attached hydrogens (primary N) is 1. The van der Waals surface area contributed by atoms with Crippen molar-refractivity contribution in [2.45, 2.75) is 31.3 Å². The molecular weight excluding hydrogens is 182 g/mol. The Balaban J connectivity index is 2.44. The number of nitrogens with zero attached hydrogens (tertiary/aromatic N) is 1. The Morgan fingerprint density at radius 1 is 1.43 bits per heavy atom. The van der Waals surface area contributed by atoms with Crippen molar-refractivity contribution in [2.75, 3.05) is 14.1 Å². The second-order valence-corrected chi connectivity index (χ2v) is 4.08. The third kappa shape index (κ3) is 2.23. The molecule has 1 aliphatic carbocycles. The van der Waals surface area contributed by atoms with E-state index in [1.807, 2.05) is 0 Å². The van der Waals surface area contributed by atoms with Crippen molar-refractivity contribution in [3.63, 3.8) is 0 Å². The van der Waals surface area contributed by atoms with Gasteiger partial charge >= 0.3 is 0 Å². The molecule has 0 bridgehead atoms. The standard InChI is InChI=1S/C9H17N3O2/c1-6(7(13)12(2)3)11-8(14)9(10)4-5-9/h6H,4-5,10H2,1-3H3,(H,11,14). The first kappa shape index (κ1) is 11.0. The smallest absolute Gasteiger partial charge is 0.244 e. The van der Waals surface area contributed by atoms with Crippen LogP contribution in [0.25, 0.3) is 0 Å². The van der Waals surface area contributed by atoms with E-state index >= 15 is 0 Å². The predicted molar refractivity (Wildman–Crippen MR) is 52.5 cm³/mol. The van der Waals surface area contributed by atoms with Gasteiger partial charge in [-0.1, -0.05) is 0 Å². The number of carbonyl (C=O) groups excluding carboxylic acids is 2. The van der Waals surface area contributed by atoms with Gasteiger partial charge in [-0.15, -0.1) is 0 Å². The molecule has 14 heavy (non-hydrogen) atoms. The van der Waals surface area contributed by atoms with E-state index in [1.54, 1.807) is 21.0 Å². The lowest BCUT2D eigenvalue weighted by molar-refractivity contribution is -0.134. The van der Waals surface area contributed by atoms with E-state index in [9.17, 15) is 9.59 Å². The van der Waals surface area contributed by atoms with E-state index in [2.05, 4.69) is 5.32 Å². The Bertz CT molecular complexity index is 259. The second-order valence-electron chi connectivity index (χ2n) is 4.08. The fourth-order valence-electron chi connectivity index (χ4n) is 1.15. The summed E-state index contributed by atoms with van der Waals surface area (Å²) in [4.78, 5) is 24.3. The Morgan fingerprint density at radius 3 is 2.29 bits per heavy atom. The summed E-state index contributed by atoms with van der Waals surface area (Å²) < 4.78 is 0. The molecule has 0 spiro atoms. The summed E-state index contributed by atoms with van der Waals surface area (Å²) in [6.45, 7) is 1.66. The van der Waals surface area contributed by atoms with Gasteiger partial charge in [0.25, 0.3) is 0 Å². The topological polar surface area (TPSA) is 75.4 Å². The van der Waals surface area contributed by atoms with Crippen LogP contribution in [0.2, 0.25) is 0 Å². The maximum Gasteiger partial charge on any atom is 0.244 e. The fraction of sp³-hybridized carbons (Fsp3) is 0.778. The lowest BCUT2D eigenvalue weighted by Crippen LogP contribution is -2.51. The van der Waals surface area contributed by atoms with E-state index in [-0.39, 0.29) is 11.8 Å². The lowest BCUT2D eigenvalue weighted by Gasteiger charge is -2.19. The molecule has 0 heterocycles. The molecule has 5 nitrogen and oxygen atoms in total. The van der Waals surface area contributed by atoms with Crippen LogP contribution in [0.5, 0.6) is 0 Å². The zero-order valence-corrected chi connectivity index (χ0v) is 8.83.